The minimum absolute atomic E-state index is 0.247. The third kappa shape index (κ3) is 6.04. The molecule has 11 heteroatoms. The van der Waals surface area contributed by atoms with Crippen molar-refractivity contribution in [1.82, 2.24) is 25.6 Å². The second kappa shape index (κ2) is 12.1. The van der Waals surface area contributed by atoms with Crippen molar-refractivity contribution in [2.75, 3.05) is 12.4 Å². The number of nitrogens with one attached hydrogen (secondary N) is 3. The maximum Gasteiger partial charge on any atom is 0.246 e. The van der Waals surface area contributed by atoms with Gasteiger partial charge in [-0.05, 0) is 61.4 Å². The number of amides is 3. The lowest BCUT2D eigenvalue weighted by Crippen LogP contribution is -2.53. The molecular formula is C29H33N7O4. The van der Waals surface area contributed by atoms with Crippen molar-refractivity contribution in [2.45, 2.75) is 56.8 Å². The summed E-state index contributed by atoms with van der Waals surface area (Å²) in [6.45, 7) is 0.576. The van der Waals surface area contributed by atoms with Gasteiger partial charge in [-0.2, -0.15) is 0 Å². The van der Waals surface area contributed by atoms with E-state index in [0.717, 1.165) is 5.56 Å². The minimum atomic E-state index is -1.06. The van der Waals surface area contributed by atoms with Crippen molar-refractivity contribution in [3.63, 3.8) is 0 Å². The van der Waals surface area contributed by atoms with E-state index in [1.165, 1.54) is 0 Å². The molecule has 40 heavy (non-hydrogen) atoms. The van der Waals surface area contributed by atoms with Crippen LogP contribution in [0.2, 0.25) is 0 Å². The number of carbonyl (C=O) groups is 3. The molecule has 3 amide bonds. The summed E-state index contributed by atoms with van der Waals surface area (Å²) >= 11 is 0. The standard InChI is InChI=1S/C29H33N7O4/c1-40-25-14-13-19-16-20(25)24-17-36(35-34-24)15-7-6-12-22-27(37)31-21-10-4-2-8-18(21)9-3-5-11-23(28(38)32-22)33-29(39)26(19)30/h2-5,8,10,13-14,16-17,22-23,26H,6-7,9,11-12,15,30H2,1H3,(H,31,37)(H,32,38)(H,33,39)/b5-3-/t22-,23+,26+/m0/s1. The lowest BCUT2D eigenvalue weighted by molar-refractivity contribution is -0.131. The van der Waals surface area contributed by atoms with Gasteiger partial charge < -0.3 is 26.4 Å². The Bertz CT molecular complexity index is 1430. The molecule has 2 aliphatic rings. The molecular weight excluding hydrogens is 510 g/mol. The molecule has 1 aromatic heterocycles. The van der Waals surface area contributed by atoms with Crippen LogP contribution >= 0.6 is 0 Å². The summed E-state index contributed by atoms with van der Waals surface area (Å²) in [4.78, 5) is 40.1. The van der Waals surface area contributed by atoms with Gasteiger partial charge in [-0.1, -0.05) is 41.6 Å². The van der Waals surface area contributed by atoms with E-state index >= 15 is 0 Å². The van der Waals surface area contributed by atoms with Gasteiger partial charge in [-0.15, -0.1) is 5.10 Å². The minimum Gasteiger partial charge on any atom is -0.496 e. The van der Waals surface area contributed by atoms with Crippen LogP contribution in [0.15, 0.2) is 60.8 Å². The average molecular weight is 544 g/mol. The number of benzene rings is 2. The van der Waals surface area contributed by atoms with E-state index in [1.807, 2.05) is 42.6 Å². The Balaban J connectivity index is 1.50. The number of carbonyl (C=O) groups excluding carboxylic acids is 3. The summed E-state index contributed by atoms with van der Waals surface area (Å²) in [5.41, 5.74) is 9.81. The van der Waals surface area contributed by atoms with E-state index in [4.69, 9.17) is 10.5 Å². The fraction of sp³-hybridized carbons (Fsp3) is 0.345. The topological polar surface area (TPSA) is 153 Å². The van der Waals surface area contributed by atoms with Gasteiger partial charge in [-0.25, -0.2) is 0 Å². The molecule has 2 aromatic carbocycles. The summed E-state index contributed by atoms with van der Waals surface area (Å²) in [6.07, 6.45) is 8.18. The third-order valence-electron chi connectivity index (χ3n) is 7.23. The Kier molecular flexibility index (Phi) is 8.20. The normalized spacial score (nSPS) is 22.9. The zero-order chi connectivity index (χ0) is 28.1. The number of ether oxygens (including phenoxy) is 1. The molecule has 2 aliphatic heterocycles. The van der Waals surface area contributed by atoms with Crippen LogP contribution in [0.4, 0.5) is 5.69 Å². The number of fused-ring (bicyclic) bond motifs is 9. The van der Waals surface area contributed by atoms with Gasteiger partial charge >= 0.3 is 0 Å². The molecule has 0 radical (unpaired) electrons. The number of methoxy groups -OCH3 is 1. The highest BCUT2D eigenvalue weighted by atomic mass is 16.5. The van der Waals surface area contributed by atoms with E-state index < -0.39 is 29.9 Å². The van der Waals surface area contributed by atoms with E-state index in [0.29, 0.717) is 60.5 Å². The van der Waals surface area contributed by atoms with Gasteiger partial charge in [0.05, 0.1) is 13.3 Å². The van der Waals surface area contributed by atoms with Crippen molar-refractivity contribution < 1.29 is 19.1 Å². The molecule has 0 saturated heterocycles. The number of nitrogens with two attached hydrogens (primary N) is 1. The second-order valence-electron chi connectivity index (χ2n) is 9.98. The molecule has 6 bridgehead atoms. The number of allylic oxidation sites excluding steroid dienone is 1. The van der Waals surface area contributed by atoms with E-state index in [-0.39, 0.29) is 12.3 Å². The maximum absolute atomic E-state index is 13.4. The quantitative estimate of drug-likeness (QED) is 0.343. The molecule has 3 atom stereocenters. The Morgan fingerprint density at radius 3 is 2.65 bits per heavy atom. The highest BCUT2D eigenvalue weighted by Crippen LogP contribution is 2.31. The van der Waals surface area contributed by atoms with Crippen LogP contribution in [0.1, 0.15) is 42.9 Å². The van der Waals surface area contributed by atoms with Gasteiger partial charge in [0.15, 0.2) is 0 Å². The van der Waals surface area contributed by atoms with Crippen LogP contribution in [0.5, 0.6) is 5.75 Å². The summed E-state index contributed by atoms with van der Waals surface area (Å²) in [6, 6.07) is 10.0. The number of aromatic nitrogens is 3. The molecule has 3 heterocycles. The lowest BCUT2D eigenvalue weighted by atomic mass is 10.0. The van der Waals surface area contributed by atoms with Crippen molar-refractivity contribution in [3.8, 4) is 17.0 Å². The SMILES string of the molecule is COc1ccc2cc1-c1cn(nn1)CCCC[C@@H]1NC(=O)[C@@H](C/C=C\Cc3ccccc3NC1=O)NC(=O)[C@@H]2N. The molecule has 5 N–H and O–H groups in total. The van der Waals surface area contributed by atoms with Crippen molar-refractivity contribution in [2.24, 2.45) is 5.73 Å². The molecule has 3 aromatic rings. The number of nitrogens with zero attached hydrogens (tertiary/aromatic N) is 3. The predicted octanol–water partition coefficient (Wildman–Crippen LogP) is 2.25. The maximum atomic E-state index is 13.4. The number of hydrogen-bond acceptors (Lipinski definition) is 7. The Labute approximate surface area is 232 Å². The zero-order valence-electron chi connectivity index (χ0n) is 22.3. The first-order valence-corrected chi connectivity index (χ1v) is 13.4. The summed E-state index contributed by atoms with van der Waals surface area (Å²) in [5, 5.41) is 17.2. The number of rotatable bonds is 1. The lowest BCUT2D eigenvalue weighted by Gasteiger charge is -2.25. The van der Waals surface area contributed by atoms with Crippen molar-refractivity contribution in [1.29, 1.82) is 0 Å². The monoisotopic (exact) mass is 543 g/mol. The Hall–Kier alpha value is -4.51. The summed E-state index contributed by atoms with van der Waals surface area (Å²) in [5.74, 6) is -0.698. The second-order valence-corrected chi connectivity index (χ2v) is 9.98. The molecule has 11 nitrogen and oxygen atoms in total. The average Bonchev–Trinajstić information content (AvgIpc) is 3.43. The van der Waals surface area contributed by atoms with Gasteiger partial charge in [0.1, 0.15) is 29.6 Å². The van der Waals surface area contributed by atoms with Gasteiger partial charge in [0, 0.05) is 17.8 Å². The molecule has 0 fully saturated rings. The van der Waals surface area contributed by atoms with Gasteiger partial charge in [-0.3, -0.25) is 19.1 Å². The largest absolute Gasteiger partial charge is 0.496 e. The fourth-order valence-electron chi connectivity index (χ4n) is 4.94. The van der Waals surface area contributed by atoms with Crippen LogP contribution in [0, 0.1) is 0 Å². The molecule has 0 spiro atoms. The number of anilines is 1. The van der Waals surface area contributed by atoms with Crippen LogP contribution in [-0.2, 0) is 27.3 Å². The number of para-hydroxylation sites is 1. The molecule has 0 aliphatic carbocycles. The first kappa shape index (κ1) is 27.1. The first-order valence-electron chi connectivity index (χ1n) is 13.4. The molecule has 0 saturated carbocycles. The first-order chi connectivity index (χ1) is 19.4. The predicted molar refractivity (Wildman–Crippen MR) is 149 cm³/mol. The van der Waals surface area contributed by atoms with E-state index in [9.17, 15) is 14.4 Å². The van der Waals surface area contributed by atoms with Crippen molar-refractivity contribution in [3.05, 3.63) is 71.9 Å². The van der Waals surface area contributed by atoms with Crippen LogP contribution in [-0.4, -0.2) is 51.9 Å². The van der Waals surface area contributed by atoms with Crippen LogP contribution < -0.4 is 26.4 Å². The Morgan fingerprint density at radius 1 is 0.975 bits per heavy atom. The smallest absolute Gasteiger partial charge is 0.246 e. The third-order valence-corrected chi connectivity index (χ3v) is 7.23. The highest BCUT2D eigenvalue weighted by Gasteiger charge is 2.29. The molecule has 208 valence electrons. The molecule has 5 rings (SSSR count). The molecule has 0 unspecified atom stereocenters. The van der Waals surface area contributed by atoms with Crippen LogP contribution in [0.3, 0.4) is 0 Å². The zero-order valence-corrected chi connectivity index (χ0v) is 22.3. The van der Waals surface area contributed by atoms with Crippen LogP contribution in [0.25, 0.3) is 11.3 Å². The fourth-order valence-corrected chi connectivity index (χ4v) is 4.94. The Morgan fingerprint density at radius 2 is 1.80 bits per heavy atom. The van der Waals surface area contributed by atoms with Gasteiger partial charge in [0.2, 0.25) is 17.7 Å². The summed E-state index contributed by atoms with van der Waals surface area (Å²) < 4.78 is 7.25. The summed E-state index contributed by atoms with van der Waals surface area (Å²) in [7, 11) is 1.56. The van der Waals surface area contributed by atoms with E-state index in [2.05, 4.69) is 26.3 Å². The highest BCUT2D eigenvalue weighted by molar-refractivity contribution is 5.99. The van der Waals surface area contributed by atoms with Crippen molar-refractivity contribution >= 4 is 23.4 Å². The van der Waals surface area contributed by atoms with E-state index in [1.54, 1.807) is 30.0 Å². The number of aryl methyl sites for hydroxylation is 1. The number of hydrogen-bond donors (Lipinski definition) is 4. The van der Waals surface area contributed by atoms with Gasteiger partial charge in [0.25, 0.3) is 0 Å².